The molecule has 0 amide bonds. The predicted octanol–water partition coefficient (Wildman–Crippen LogP) is 5.62. The van der Waals surface area contributed by atoms with Gasteiger partial charge in [0.2, 0.25) is 0 Å². The van der Waals surface area contributed by atoms with E-state index < -0.39 is 8.32 Å². The molecule has 1 rings (SSSR count). The van der Waals surface area contributed by atoms with E-state index in [9.17, 15) is 0 Å². The molecule has 0 saturated carbocycles. The minimum Gasteiger partial charge on any atom is -0.413 e. The van der Waals surface area contributed by atoms with Crippen molar-refractivity contribution in [2.24, 2.45) is 0 Å². The molecule has 0 saturated heterocycles. The summed E-state index contributed by atoms with van der Waals surface area (Å²) in [6.45, 7) is 11.9. The van der Waals surface area contributed by atoms with Gasteiger partial charge in [-0.2, -0.15) is 0 Å². The first-order valence-electron chi connectivity index (χ1n) is 5.71. The van der Waals surface area contributed by atoms with Crippen molar-refractivity contribution in [2.75, 3.05) is 0 Å². The first-order chi connectivity index (χ1) is 7.63. The summed E-state index contributed by atoms with van der Waals surface area (Å²) in [6.07, 6.45) is 0. The standard InChI is InChI=1S/C13H20BrClOSi/c1-13(2,3)17(4,5)16-9-10-6-7-12(15)11(14)8-10/h6-8H,9H2,1-5H3. The lowest BCUT2D eigenvalue weighted by Gasteiger charge is -2.36. The van der Waals surface area contributed by atoms with Crippen LogP contribution in [0.4, 0.5) is 0 Å². The average Bonchev–Trinajstić information content (AvgIpc) is 2.18. The highest BCUT2D eigenvalue weighted by atomic mass is 79.9. The Morgan fingerprint density at radius 3 is 2.35 bits per heavy atom. The van der Waals surface area contributed by atoms with E-state index in [0.29, 0.717) is 6.61 Å². The number of rotatable bonds is 3. The topological polar surface area (TPSA) is 9.23 Å². The summed E-state index contributed by atoms with van der Waals surface area (Å²) in [4.78, 5) is 0. The van der Waals surface area contributed by atoms with Gasteiger partial charge in [0.15, 0.2) is 8.32 Å². The van der Waals surface area contributed by atoms with Crippen LogP contribution in [0.2, 0.25) is 23.2 Å². The van der Waals surface area contributed by atoms with Crippen LogP contribution in [0.3, 0.4) is 0 Å². The molecule has 0 atom stereocenters. The zero-order valence-electron chi connectivity index (χ0n) is 11.1. The fourth-order valence-corrected chi connectivity index (χ4v) is 2.61. The second-order valence-corrected chi connectivity index (χ2v) is 11.9. The van der Waals surface area contributed by atoms with Crippen molar-refractivity contribution in [1.29, 1.82) is 0 Å². The smallest absolute Gasteiger partial charge is 0.192 e. The van der Waals surface area contributed by atoms with Gasteiger partial charge in [-0.3, -0.25) is 0 Å². The molecule has 0 aliphatic heterocycles. The summed E-state index contributed by atoms with van der Waals surface area (Å²) in [5.41, 5.74) is 1.16. The van der Waals surface area contributed by atoms with Gasteiger partial charge in [0.1, 0.15) is 0 Å². The Hall–Kier alpha value is 0.167. The first kappa shape index (κ1) is 15.2. The summed E-state index contributed by atoms with van der Waals surface area (Å²) < 4.78 is 7.08. The lowest BCUT2D eigenvalue weighted by molar-refractivity contribution is 0.276. The van der Waals surface area contributed by atoms with Crippen molar-refractivity contribution < 1.29 is 4.43 Å². The van der Waals surface area contributed by atoms with Gasteiger partial charge in [-0.25, -0.2) is 0 Å². The summed E-state index contributed by atoms with van der Waals surface area (Å²) >= 11 is 9.39. The molecule has 1 aromatic carbocycles. The molecule has 1 nitrogen and oxygen atoms in total. The molecule has 0 unspecified atom stereocenters. The van der Waals surface area contributed by atoms with Crippen molar-refractivity contribution >= 4 is 35.8 Å². The molecule has 17 heavy (non-hydrogen) atoms. The number of halogens is 2. The Kier molecular flexibility index (Phi) is 4.86. The van der Waals surface area contributed by atoms with E-state index in [4.69, 9.17) is 16.0 Å². The molecular weight excluding hydrogens is 316 g/mol. The Morgan fingerprint density at radius 2 is 1.88 bits per heavy atom. The fraction of sp³-hybridized carbons (Fsp3) is 0.538. The maximum atomic E-state index is 6.15. The summed E-state index contributed by atoms with van der Waals surface area (Å²) in [5, 5.41) is 0.984. The molecule has 0 aromatic heterocycles. The maximum absolute atomic E-state index is 6.15. The Labute approximate surface area is 119 Å². The maximum Gasteiger partial charge on any atom is 0.192 e. The highest BCUT2D eigenvalue weighted by Crippen LogP contribution is 2.37. The molecule has 0 aliphatic rings. The van der Waals surface area contributed by atoms with Crippen LogP contribution in [0.25, 0.3) is 0 Å². The highest BCUT2D eigenvalue weighted by Gasteiger charge is 2.36. The first-order valence-corrected chi connectivity index (χ1v) is 9.79. The van der Waals surface area contributed by atoms with Crippen LogP contribution in [-0.2, 0) is 11.0 Å². The van der Waals surface area contributed by atoms with Gasteiger partial charge in [0, 0.05) is 4.47 Å². The quantitative estimate of drug-likeness (QED) is 0.651. The van der Waals surface area contributed by atoms with E-state index in [1.807, 2.05) is 18.2 Å². The van der Waals surface area contributed by atoms with Gasteiger partial charge in [-0.05, 0) is 51.8 Å². The van der Waals surface area contributed by atoms with Crippen LogP contribution in [0.15, 0.2) is 22.7 Å². The monoisotopic (exact) mass is 334 g/mol. The molecule has 0 radical (unpaired) electrons. The van der Waals surface area contributed by atoms with Gasteiger partial charge >= 0.3 is 0 Å². The molecule has 4 heteroatoms. The number of hydrogen-bond acceptors (Lipinski definition) is 1. The minimum absolute atomic E-state index is 0.247. The number of hydrogen-bond donors (Lipinski definition) is 0. The zero-order chi connectivity index (χ0) is 13.3. The molecular formula is C13H20BrClOSi. The van der Waals surface area contributed by atoms with Crippen LogP contribution in [-0.4, -0.2) is 8.32 Å². The van der Waals surface area contributed by atoms with Crippen LogP contribution < -0.4 is 0 Å². The third-order valence-electron chi connectivity index (χ3n) is 3.39. The molecule has 0 N–H and O–H groups in total. The molecule has 1 aromatic rings. The molecule has 0 heterocycles. The van der Waals surface area contributed by atoms with E-state index in [2.05, 4.69) is 49.8 Å². The van der Waals surface area contributed by atoms with Crippen molar-refractivity contribution in [3.8, 4) is 0 Å². The van der Waals surface area contributed by atoms with Gasteiger partial charge < -0.3 is 4.43 Å². The highest BCUT2D eigenvalue weighted by molar-refractivity contribution is 9.10. The van der Waals surface area contributed by atoms with Crippen molar-refractivity contribution in [1.82, 2.24) is 0 Å². The second-order valence-electron chi connectivity index (χ2n) is 5.80. The Balaban J connectivity index is 2.71. The van der Waals surface area contributed by atoms with E-state index in [1.54, 1.807) is 0 Å². The van der Waals surface area contributed by atoms with E-state index in [0.717, 1.165) is 15.1 Å². The molecule has 0 fully saturated rings. The van der Waals surface area contributed by atoms with E-state index in [-0.39, 0.29) is 5.04 Å². The minimum atomic E-state index is -1.67. The van der Waals surface area contributed by atoms with Gasteiger partial charge in [-0.1, -0.05) is 38.4 Å². The average molecular weight is 336 g/mol. The summed E-state index contributed by atoms with van der Waals surface area (Å²) in [5.74, 6) is 0. The van der Waals surface area contributed by atoms with E-state index >= 15 is 0 Å². The van der Waals surface area contributed by atoms with Crippen LogP contribution in [0.1, 0.15) is 26.3 Å². The van der Waals surface area contributed by atoms with E-state index in [1.165, 1.54) is 0 Å². The second kappa shape index (κ2) is 5.43. The SMILES string of the molecule is CC(C)(C)[Si](C)(C)OCc1ccc(Cl)c(Br)c1. The lowest BCUT2D eigenvalue weighted by Crippen LogP contribution is -2.40. The fourth-order valence-electron chi connectivity index (χ4n) is 1.11. The third-order valence-corrected chi connectivity index (χ3v) is 9.08. The Morgan fingerprint density at radius 1 is 1.29 bits per heavy atom. The largest absolute Gasteiger partial charge is 0.413 e. The summed E-state index contributed by atoms with van der Waals surface area (Å²) in [6, 6.07) is 5.94. The molecule has 0 spiro atoms. The third kappa shape index (κ3) is 4.09. The molecule has 0 aliphatic carbocycles. The van der Waals surface area contributed by atoms with Crippen molar-refractivity contribution in [3.05, 3.63) is 33.3 Å². The van der Waals surface area contributed by atoms with Crippen LogP contribution >= 0.6 is 27.5 Å². The van der Waals surface area contributed by atoms with Crippen LogP contribution in [0, 0.1) is 0 Å². The predicted molar refractivity (Wildman–Crippen MR) is 81.1 cm³/mol. The molecule has 96 valence electrons. The zero-order valence-corrected chi connectivity index (χ0v) is 14.4. The number of benzene rings is 1. The van der Waals surface area contributed by atoms with Gasteiger partial charge in [-0.15, -0.1) is 0 Å². The van der Waals surface area contributed by atoms with Crippen molar-refractivity contribution in [2.45, 2.75) is 45.5 Å². The Bertz CT molecular complexity index is 399. The molecule has 0 bridgehead atoms. The lowest BCUT2D eigenvalue weighted by atomic mass is 10.2. The summed E-state index contributed by atoms with van der Waals surface area (Å²) in [7, 11) is -1.67. The van der Waals surface area contributed by atoms with Gasteiger partial charge in [0.25, 0.3) is 0 Å². The normalized spacial score (nSPS) is 12.9. The van der Waals surface area contributed by atoms with Gasteiger partial charge in [0.05, 0.1) is 11.6 Å². The van der Waals surface area contributed by atoms with Crippen molar-refractivity contribution in [3.63, 3.8) is 0 Å². The van der Waals surface area contributed by atoms with Crippen LogP contribution in [0.5, 0.6) is 0 Å².